The molecular weight excluding hydrogens is 299 g/mol. The Morgan fingerprint density at radius 1 is 1.23 bits per heavy atom. The van der Waals surface area contributed by atoms with Gasteiger partial charge in [0, 0.05) is 32.0 Å². The number of hydrogen-bond donors (Lipinski definition) is 1. The molecule has 122 valence electrons. The minimum atomic E-state index is -4.27. The van der Waals surface area contributed by atoms with Crippen LogP contribution in [0.5, 0.6) is 0 Å². The molecule has 0 bridgehead atoms. The Morgan fingerprint density at radius 2 is 1.86 bits per heavy atom. The third kappa shape index (κ3) is 6.15. The lowest BCUT2D eigenvalue weighted by Gasteiger charge is -2.19. The second-order valence-corrected chi connectivity index (χ2v) is 5.00. The molecule has 0 saturated heterocycles. The first-order valence-electron chi connectivity index (χ1n) is 6.82. The second kappa shape index (κ2) is 7.82. The highest BCUT2D eigenvalue weighted by Crippen LogP contribution is 2.23. The summed E-state index contributed by atoms with van der Waals surface area (Å²) in [6.07, 6.45) is -5.28. The van der Waals surface area contributed by atoms with Gasteiger partial charge in [-0.05, 0) is 24.5 Å². The van der Waals surface area contributed by atoms with Crippen LogP contribution in [0.4, 0.5) is 13.2 Å². The van der Waals surface area contributed by atoms with Gasteiger partial charge in [0.2, 0.25) is 0 Å². The lowest BCUT2D eigenvalue weighted by molar-refractivity contribution is -0.137. The molecule has 0 spiro atoms. The van der Waals surface area contributed by atoms with Gasteiger partial charge in [-0.1, -0.05) is 18.2 Å². The number of alkyl halides is 3. The third-order valence-corrected chi connectivity index (χ3v) is 3.16. The molecule has 1 aromatic rings. The summed E-state index contributed by atoms with van der Waals surface area (Å²) in [7, 11) is 1.50. The number of benzene rings is 1. The summed E-state index contributed by atoms with van der Waals surface area (Å²) in [5.41, 5.74) is 0.569. The molecule has 1 amide bonds. The molecule has 7 heteroatoms. The zero-order valence-corrected chi connectivity index (χ0v) is 12.2. The Morgan fingerprint density at radius 3 is 2.45 bits per heavy atom. The number of carbonyl (C=O) groups excluding carboxylic acids is 1. The van der Waals surface area contributed by atoms with Gasteiger partial charge in [0.1, 0.15) is 0 Å². The second-order valence-electron chi connectivity index (χ2n) is 5.00. The summed E-state index contributed by atoms with van der Waals surface area (Å²) >= 11 is 0. The van der Waals surface area contributed by atoms with Crippen molar-refractivity contribution in [2.75, 3.05) is 13.6 Å². The maximum atomic E-state index is 12.3. The van der Waals surface area contributed by atoms with E-state index < -0.39 is 24.5 Å². The first-order valence-corrected chi connectivity index (χ1v) is 6.82. The number of amides is 1. The topological polar surface area (TPSA) is 57.6 Å². The normalized spacial score (nSPS) is 11.3. The Bertz CT molecular complexity index is 529. The first kappa shape index (κ1) is 18.0. The molecule has 0 saturated carbocycles. The van der Waals surface area contributed by atoms with E-state index in [0.717, 1.165) is 0 Å². The van der Waals surface area contributed by atoms with Crippen LogP contribution < -0.4 is 0 Å². The zero-order valence-electron chi connectivity index (χ0n) is 12.2. The van der Waals surface area contributed by atoms with Gasteiger partial charge in [-0.25, -0.2) is 0 Å². The van der Waals surface area contributed by atoms with E-state index in [0.29, 0.717) is 12.0 Å². The average Bonchev–Trinajstić information content (AvgIpc) is 2.43. The summed E-state index contributed by atoms with van der Waals surface area (Å²) < 4.78 is 37.0. The van der Waals surface area contributed by atoms with Crippen LogP contribution in [0.1, 0.15) is 35.2 Å². The summed E-state index contributed by atoms with van der Waals surface area (Å²) in [4.78, 5) is 24.0. The van der Waals surface area contributed by atoms with Gasteiger partial charge in [0.25, 0.3) is 5.91 Å². The standard InChI is InChI=1S/C15H18F3NO3/c1-19(10-4-7-13(20)21)14(22)12-6-3-2-5-11(12)8-9-15(16,17)18/h2-3,5-6H,4,7-10H2,1H3,(H,20,21). The minimum absolute atomic E-state index is 0.0622. The minimum Gasteiger partial charge on any atom is -0.481 e. The fraction of sp³-hybridized carbons (Fsp3) is 0.467. The highest BCUT2D eigenvalue weighted by Gasteiger charge is 2.27. The van der Waals surface area contributed by atoms with Crippen LogP contribution in [0.3, 0.4) is 0 Å². The van der Waals surface area contributed by atoms with E-state index in [1.165, 1.54) is 24.1 Å². The first-order chi connectivity index (χ1) is 10.2. The number of rotatable bonds is 7. The van der Waals surface area contributed by atoms with Crippen LogP contribution in [0.25, 0.3) is 0 Å². The molecule has 0 aromatic heterocycles. The predicted molar refractivity (Wildman–Crippen MR) is 74.6 cm³/mol. The number of aryl methyl sites for hydroxylation is 1. The molecule has 22 heavy (non-hydrogen) atoms. The number of hydrogen-bond acceptors (Lipinski definition) is 2. The molecule has 0 unspecified atom stereocenters. The van der Waals surface area contributed by atoms with Crippen molar-refractivity contribution in [2.24, 2.45) is 0 Å². The largest absolute Gasteiger partial charge is 0.481 e. The number of halogens is 3. The highest BCUT2D eigenvalue weighted by atomic mass is 19.4. The van der Waals surface area contributed by atoms with Crippen LogP contribution in [0, 0.1) is 0 Å². The molecule has 0 aliphatic heterocycles. The van der Waals surface area contributed by atoms with Crippen LogP contribution in [0.2, 0.25) is 0 Å². The van der Waals surface area contributed by atoms with E-state index in [1.54, 1.807) is 12.1 Å². The molecule has 1 aromatic carbocycles. The van der Waals surface area contributed by atoms with Crippen molar-refractivity contribution in [2.45, 2.75) is 31.9 Å². The lowest BCUT2D eigenvalue weighted by atomic mass is 10.0. The van der Waals surface area contributed by atoms with E-state index in [-0.39, 0.29) is 24.9 Å². The quantitative estimate of drug-likeness (QED) is 0.840. The fourth-order valence-corrected chi connectivity index (χ4v) is 2.00. The van der Waals surface area contributed by atoms with Gasteiger partial charge < -0.3 is 10.0 Å². The van der Waals surface area contributed by atoms with Gasteiger partial charge >= 0.3 is 12.1 Å². The van der Waals surface area contributed by atoms with Gasteiger partial charge in [-0.3, -0.25) is 9.59 Å². The summed E-state index contributed by atoms with van der Waals surface area (Å²) in [5.74, 6) is -1.35. The van der Waals surface area contributed by atoms with Crippen molar-refractivity contribution in [1.29, 1.82) is 0 Å². The van der Waals surface area contributed by atoms with E-state index >= 15 is 0 Å². The summed E-state index contributed by atoms with van der Waals surface area (Å²) in [5, 5.41) is 8.56. The van der Waals surface area contributed by atoms with Crippen molar-refractivity contribution in [3.05, 3.63) is 35.4 Å². The third-order valence-electron chi connectivity index (χ3n) is 3.16. The fourth-order valence-electron chi connectivity index (χ4n) is 2.00. The number of aliphatic carboxylic acids is 1. The molecule has 0 atom stereocenters. The molecule has 1 N–H and O–H groups in total. The van der Waals surface area contributed by atoms with Gasteiger partial charge in [-0.15, -0.1) is 0 Å². The number of carbonyl (C=O) groups is 2. The lowest BCUT2D eigenvalue weighted by Crippen LogP contribution is -2.29. The molecule has 4 nitrogen and oxygen atoms in total. The number of carboxylic acids is 1. The van der Waals surface area contributed by atoms with E-state index in [9.17, 15) is 22.8 Å². The molecule has 0 aliphatic rings. The molecular formula is C15H18F3NO3. The van der Waals surface area contributed by atoms with Crippen LogP contribution >= 0.6 is 0 Å². The van der Waals surface area contributed by atoms with Gasteiger partial charge in [0.05, 0.1) is 0 Å². The Kier molecular flexibility index (Phi) is 6.39. The average molecular weight is 317 g/mol. The number of carboxylic acid groups (broad SMARTS) is 1. The zero-order chi connectivity index (χ0) is 16.8. The maximum absolute atomic E-state index is 12.3. The molecule has 0 aliphatic carbocycles. The molecule has 1 rings (SSSR count). The van der Waals surface area contributed by atoms with E-state index in [4.69, 9.17) is 5.11 Å². The van der Waals surface area contributed by atoms with Crippen molar-refractivity contribution in [3.8, 4) is 0 Å². The Balaban J connectivity index is 2.73. The summed E-state index contributed by atoms with van der Waals surface area (Å²) in [6, 6.07) is 6.17. The van der Waals surface area contributed by atoms with E-state index in [1.807, 2.05) is 0 Å². The monoisotopic (exact) mass is 317 g/mol. The number of nitrogens with zero attached hydrogens (tertiary/aromatic N) is 1. The molecule has 0 heterocycles. The molecule has 0 radical (unpaired) electrons. The van der Waals surface area contributed by atoms with Crippen molar-refractivity contribution < 1.29 is 27.9 Å². The van der Waals surface area contributed by atoms with Gasteiger partial charge in [-0.2, -0.15) is 13.2 Å². The van der Waals surface area contributed by atoms with Crippen molar-refractivity contribution in [3.63, 3.8) is 0 Å². The Labute approximate surface area is 126 Å². The van der Waals surface area contributed by atoms with Crippen LogP contribution in [-0.2, 0) is 11.2 Å². The van der Waals surface area contributed by atoms with Crippen molar-refractivity contribution >= 4 is 11.9 Å². The maximum Gasteiger partial charge on any atom is 0.389 e. The van der Waals surface area contributed by atoms with E-state index in [2.05, 4.69) is 0 Å². The van der Waals surface area contributed by atoms with Crippen LogP contribution in [-0.4, -0.2) is 41.7 Å². The Hall–Kier alpha value is -2.05. The predicted octanol–water partition coefficient (Wildman–Crippen LogP) is 3.12. The van der Waals surface area contributed by atoms with Crippen molar-refractivity contribution in [1.82, 2.24) is 4.90 Å². The van der Waals surface area contributed by atoms with Gasteiger partial charge in [0.15, 0.2) is 0 Å². The van der Waals surface area contributed by atoms with Crippen LogP contribution in [0.15, 0.2) is 24.3 Å². The molecule has 0 fully saturated rings. The summed E-state index contributed by atoms with van der Waals surface area (Å²) in [6.45, 7) is 0.235. The SMILES string of the molecule is CN(CCCC(=O)O)C(=O)c1ccccc1CCC(F)(F)F. The highest BCUT2D eigenvalue weighted by molar-refractivity contribution is 5.95. The smallest absolute Gasteiger partial charge is 0.389 e.